The van der Waals surface area contributed by atoms with Crippen LogP contribution >= 0.6 is 11.9 Å². The van der Waals surface area contributed by atoms with Gasteiger partial charge in [0.1, 0.15) is 5.82 Å². The van der Waals surface area contributed by atoms with Crippen LogP contribution in [0.25, 0.3) is 0 Å². The lowest BCUT2D eigenvalue weighted by atomic mass is 9.93. The van der Waals surface area contributed by atoms with Crippen LogP contribution in [0.1, 0.15) is 36.0 Å². The van der Waals surface area contributed by atoms with E-state index < -0.39 is 0 Å². The second-order valence-electron chi connectivity index (χ2n) is 5.98. The van der Waals surface area contributed by atoms with Crippen molar-refractivity contribution in [2.24, 2.45) is 0 Å². The minimum Gasteiger partial charge on any atom is -0.239 e. The second-order valence-corrected chi connectivity index (χ2v) is 7.11. The van der Waals surface area contributed by atoms with Crippen LogP contribution in [0.5, 0.6) is 0 Å². The number of nitriles is 1. The molecule has 2 aromatic rings. The highest BCUT2D eigenvalue weighted by atomic mass is 32.2. The molecule has 118 valence electrons. The van der Waals surface area contributed by atoms with E-state index in [4.69, 9.17) is 5.26 Å². The van der Waals surface area contributed by atoms with Gasteiger partial charge in [0, 0.05) is 23.0 Å². The Morgan fingerprint density at radius 1 is 1.22 bits per heavy atom. The van der Waals surface area contributed by atoms with Crippen LogP contribution in [0.2, 0.25) is 0 Å². The largest absolute Gasteiger partial charge is 0.239 e. The van der Waals surface area contributed by atoms with E-state index in [0.717, 1.165) is 12.8 Å². The van der Waals surface area contributed by atoms with E-state index in [-0.39, 0.29) is 5.82 Å². The third-order valence-electron chi connectivity index (χ3n) is 4.23. The monoisotopic (exact) mass is 326 g/mol. The van der Waals surface area contributed by atoms with Crippen molar-refractivity contribution in [1.29, 1.82) is 5.26 Å². The Balaban J connectivity index is 1.77. The standard InChI is InChI=1S/C19H19FN2S/c1-14-5-9-18(10-6-14)23-22(17-3-2-4-17)13-16-8-7-15(12-21)11-19(16)20/h5-11,17H,2-4,13H2,1H3. The van der Waals surface area contributed by atoms with Crippen LogP contribution in [0, 0.1) is 24.1 Å². The summed E-state index contributed by atoms with van der Waals surface area (Å²) in [6, 6.07) is 15.6. The van der Waals surface area contributed by atoms with Crippen molar-refractivity contribution in [3.8, 4) is 6.07 Å². The van der Waals surface area contributed by atoms with Crippen LogP contribution in [0.15, 0.2) is 47.4 Å². The minimum absolute atomic E-state index is 0.294. The number of nitrogens with zero attached hydrogens (tertiary/aromatic N) is 2. The van der Waals surface area contributed by atoms with E-state index in [1.54, 1.807) is 24.1 Å². The molecule has 0 bridgehead atoms. The van der Waals surface area contributed by atoms with Gasteiger partial charge in [-0.2, -0.15) is 5.26 Å². The molecule has 0 spiro atoms. The fourth-order valence-electron chi connectivity index (χ4n) is 2.56. The summed E-state index contributed by atoms with van der Waals surface area (Å²) in [6.45, 7) is 2.63. The van der Waals surface area contributed by atoms with Gasteiger partial charge in [0.05, 0.1) is 11.6 Å². The number of hydrogen-bond acceptors (Lipinski definition) is 3. The molecule has 1 aliphatic carbocycles. The van der Waals surface area contributed by atoms with E-state index in [1.807, 2.05) is 6.07 Å². The lowest BCUT2D eigenvalue weighted by molar-refractivity contribution is 0.229. The topological polar surface area (TPSA) is 27.0 Å². The van der Waals surface area contributed by atoms with Gasteiger partial charge in [0.2, 0.25) is 0 Å². The van der Waals surface area contributed by atoms with Gasteiger partial charge in [-0.15, -0.1) is 0 Å². The summed E-state index contributed by atoms with van der Waals surface area (Å²) in [5, 5.41) is 8.86. The van der Waals surface area contributed by atoms with Gasteiger partial charge >= 0.3 is 0 Å². The average Bonchev–Trinajstić information content (AvgIpc) is 2.49. The van der Waals surface area contributed by atoms with Crippen LogP contribution < -0.4 is 0 Å². The van der Waals surface area contributed by atoms with Crippen molar-refractivity contribution in [2.75, 3.05) is 0 Å². The van der Waals surface area contributed by atoms with Gasteiger partial charge < -0.3 is 0 Å². The van der Waals surface area contributed by atoms with Crippen LogP contribution in [-0.4, -0.2) is 10.3 Å². The molecule has 0 heterocycles. The summed E-state index contributed by atoms with van der Waals surface area (Å²) in [7, 11) is 0. The SMILES string of the molecule is Cc1ccc(SN(Cc2ccc(C#N)cc2F)C2CCC2)cc1. The number of halogens is 1. The average molecular weight is 326 g/mol. The van der Waals surface area contributed by atoms with E-state index in [9.17, 15) is 4.39 Å². The molecule has 4 heteroatoms. The molecule has 0 unspecified atom stereocenters. The zero-order chi connectivity index (χ0) is 16.2. The molecule has 2 nitrogen and oxygen atoms in total. The molecule has 0 atom stereocenters. The Kier molecular flexibility index (Phi) is 5.00. The first-order chi connectivity index (χ1) is 11.2. The molecule has 1 fully saturated rings. The van der Waals surface area contributed by atoms with Gasteiger partial charge in [-0.3, -0.25) is 0 Å². The molecule has 0 N–H and O–H groups in total. The lowest BCUT2D eigenvalue weighted by Gasteiger charge is -2.36. The number of rotatable bonds is 5. The van der Waals surface area contributed by atoms with Crippen molar-refractivity contribution in [1.82, 2.24) is 4.31 Å². The Labute approximate surface area is 141 Å². The Morgan fingerprint density at radius 3 is 2.52 bits per heavy atom. The highest BCUT2D eigenvalue weighted by Gasteiger charge is 2.26. The molecule has 0 amide bonds. The van der Waals surface area contributed by atoms with Crippen LogP contribution in [0.4, 0.5) is 4.39 Å². The van der Waals surface area contributed by atoms with Crippen molar-refractivity contribution < 1.29 is 4.39 Å². The van der Waals surface area contributed by atoms with Crippen molar-refractivity contribution in [3.05, 3.63) is 65.0 Å². The van der Waals surface area contributed by atoms with Crippen molar-refractivity contribution >= 4 is 11.9 Å². The van der Waals surface area contributed by atoms with Gasteiger partial charge in [-0.05, 0) is 56.0 Å². The maximum Gasteiger partial charge on any atom is 0.129 e. The predicted molar refractivity (Wildman–Crippen MR) is 91.3 cm³/mol. The smallest absolute Gasteiger partial charge is 0.129 e. The Hall–Kier alpha value is -1.83. The zero-order valence-electron chi connectivity index (χ0n) is 13.1. The quantitative estimate of drug-likeness (QED) is 0.718. The van der Waals surface area contributed by atoms with E-state index in [1.165, 1.54) is 22.9 Å². The minimum atomic E-state index is -0.294. The molecule has 0 aliphatic heterocycles. The Morgan fingerprint density at radius 2 is 1.96 bits per heavy atom. The summed E-state index contributed by atoms with van der Waals surface area (Å²) in [5.74, 6) is -0.294. The van der Waals surface area contributed by atoms with Gasteiger partial charge in [-0.1, -0.05) is 30.2 Å². The van der Waals surface area contributed by atoms with E-state index in [0.29, 0.717) is 23.7 Å². The Bertz CT molecular complexity index is 717. The maximum atomic E-state index is 14.2. The fraction of sp³-hybridized carbons (Fsp3) is 0.316. The van der Waals surface area contributed by atoms with Gasteiger partial charge in [-0.25, -0.2) is 8.70 Å². The first-order valence-electron chi connectivity index (χ1n) is 7.85. The normalized spacial score (nSPS) is 14.5. The molecule has 23 heavy (non-hydrogen) atoms. The molecule has 3 rings (SSSR count). The summed E-state index contributed by atoms with van der Waals surface area (Å²) in [4.78, 5) is 1.18. The molecule has 0 radical (unpaired) electrons. The highest BCUT2D eigenvalue weighted by Crippen LogP contribution is 2.35. The molecule has 0 saturated heterocycles. The van der Waals surface area contributed by atoms with Crippen molar-refractivity contribution in [3.63, 3.8) is 0 Å². The fourth-order valence-corrected chi connectivity index (χ4v) is 3.65. The molecule has 2 aromatic carbocycles. The maximum absolute atomic E-state index is 14.2. The zero-order valence-corrected chi connectivity index (χ0v) is 13.9. The third-order valence-corrected chi connectivity index (χ3v) is 5.38. The molecular formula is C19H19FN2S. The lowest BCUT2D eigenvalue weighted by Crippen LogP contribution is -2.35. The number of hydrogen-bond donors (Lipinski definition) is 0. The highest BCUT2D eigenvalue weighted by molar-refractivity contribution is 7.97. The summed E-state index contributed by atoms with van der Waals surface area (Å²) in [6.07, 6.45) is 3.57. The molecular weight excluding hydrogens is 307 g/mol. The first kappa shape index (κ1) is 16.0. The second kappa shape index (κ2) is 7.16. The molecule has 1 saturated carbocycles. The van der Waals surface area contributed by atoms with E-state index in [2.05, 4.69) is 35.5 Å². The predicted octanol–water partition coefficient (Wildman–Crippen LogP) is 5.07. The molecule has 1 aliphatic rings. The summed E-state index contributed by atoms with van der Waals surface area (Å²) >= 11 is 1.70. The van der Waals surface area contributed by atoms with Gasteiger partial charge in [0.15, 0.2) is 0 Å². The summed E-state index contributed by atoms with van der Waals surface area (Å²) in [5.41, 5.74) is 2.26. The van der Waals surface area contributed by atoms with Crippen LogP contribution in [-0.2, 0) is 6.54 Å². The van der Waals surface area contributed by atoms with E-state index >= 15 is 0 Å². The third kappa shape index (κ3) is 3.93. The summed E-state index contributed by atoms with van der Waals surface area (Å²) < 4.78 is 16.5. The van der Waals surface area contributed by atoms with Gasteiger partial charge in [0.25, 0.3) is 0 Å². The first-order valence-corrected chi connectivity index (χ1v) is 8.63. The number of aryl methyl sites for hydroxylation is 1. The molecule has 0 aromatic heterocycles. The number of benzene rings is 2. The van der Waals surface area contributed by atoms with Crippen molar-refractivity contribution in [2.45, 2.75) is 43.7 Å². The van der Waals surface area contributed by atoms with Crippen LogP contribution in [0.3, 0.4) is 0 Å².